The zero-order chi connectivity index (χ0) is 10.9. The first kappa shape index (κ1) is 10.4. The molecule has 1 saturated heterocycles. The smallest absolute Gasteiger partial charge is 0.167 e. The summed E-state index contributed by atoms with van der Waals surface area (Å²) >= 11 is 0. The van der Waals surface area contributed by atoms with Crippen molar-refractivity contribution in [2.45, 2.75) is 18.8 Å². The summed E-state index contributed by atoms with van der Waals surface area (Å²) in [5.74, 6) is 1.30. The normalized spacial score (nSPS) is 21.3. The van der Waals surface area contributed by atoms with Crippen molar-refractivity contribution in [1.29, 1.82) is 0 Å². The van der Waals surface area contributed by atoms with E-state index in [1.807, 2.05) is 0 Å². The lowest BCUT2D eigenvalue weighted by Gasteiger charge is -2.19. The van der Waals surface area contributed by atoms with Gasteiger partial charge in [0.05, 0.1) is 23.4 Å². The van der Waals surface area contributed by atoms with Crippen molar-refractivity contribution in [2.75, 3.05) is 11.5 Å². The number of nitrogens with one attached hydrogen (secondary N) is 1. The summed E-state index contributed by atoms with van der Waals surface area (Å²) in [6.45, 7) is 0. The van der Waals surface area contributed by atoms with Crippen LogP contribution >= 0.6 is 0 Å². The number of carbonyl (C=O) groups is 1. The Balaban J connectivity index is 2.10. The monoisotopic (exact) mass is 228 g/mol. The Bertz CT molecular complexity index is 449. The van der Waals surface area contributed by atoms with Crippen LogP contribution in [0.5, 0.6) is 0 Å². The lowest BCUT2D eigenvalue weighted by atomic mass is 10.0. The van der Waals surface area contributed by atoms with Crippen LogP contribution in [-0.4, -0.2) is 36.2 Å². The average molecular weight is 228 g/mol. The van der Waals surface area contributed by atoms with Crippen LogP contribution in [0.4, 0.5) is 0 Å². The minimum absolute atomic E-state index is 0.141. The summed E-state index contributed by atoms with van der Waals surface area (Å²) in [6.07, 6.45) is 3.36. The van der Waals surface area contributed by atoms with E-state index in [0.29, 0.717) is 24.8 Å². The number of rotatable bonds is 2. The van der Waals surface area contributed by atoms with E-state index in [1.54, 1.807) is 0 Å². The molecule has 0 amide bonds. The molecule has 0 aromatic carbocycles. The Kier molecular flexibility index (Phi) is 2.60. The first-order valence-electron chi connectivity index (χ1n) is 4.81. The Morgan fingerprint density at radius 2 is 2.07 bits per heavy atom. The van der Waals surface area contributed by atoms with Crippen molar-refractivity contribution in [2.24, 2.45) is 0 Å². The van der Waals surface area contributed by atoms with Crippen molar-refractivity contribution < 1.29 is 13.2 Å². The van der Waals surface area contributed by atoms with Crippen molar-refractivity contribution in [1.82, 2.24) is 9.97 Å². The van der Waals surface area contributed by atoms with Crippen LogP contribution in [0.3, 0.4) is 0 Å². The van der Waals surface area contributed by atoms with Crippen LogP contribution in [0.1, 0.15) is 35.1 Å². The Hall–Kier alpha value is -1.17. The second-order valence-corrected chi connectivity index (χ2v) is 6.07. The van der Waals surface area contributed by atoms with Gasteiger partial charge in [-0.05, 0) is 12.8 Å². The molecule has 2 rings (SSSR count). The molecule has 15 heavy (non-hydrogen) atoms. The lowest BCUT2D eigenvalue weighted by molar-refractivity contribution is 0.111. The maximum Gasteiger partial charge on any atom is 0.167 e. The minimum atomic E-state index is -2.83. The Morgan fingerprint density at radius 1 is 1.40 bits per heavy atom. The first-order valence-corrected chi connectivity index (χ1v) is 6.63. The lowest BCUT2D eigenvalue weighted by Crippen LogP contribution is -2.22. The number of carbonyl (C=O) groups excluding carboxylic acids is 1. The summed E-state index contributed by atoms with van der Waals surface area (Å²) < 4.78 is 22.4. The molecule has 0 radical (unpaired) electrons. The Morgan fingerprint density at radius 3 is 2.60 bits per heavy atom. The predicted octanol–water partition coefficient (Wildman–Crippen LogP) is 0.514. The molecule has 0 spiro atoms. The first-order chi connectivity index (χ1) is 7.11. The van der Waals surface area contributed by atoms with Gasteiger partial charge < -0.3 is 4.98 Å². The third-order valence-corrected chi connectivity index (χ3v) is 4.40. The van der Waals surface area contributed by atoms with Gasteiger partial charge in [0.2, 0.25) is 0 Å². The summed E-state index contributed by atoms with van der Waals surface area (Å²) in [4.78, 5) is 17.4. The van der Waals surface area contributed by atoms with E-state index in [0.717, 1.165) is 5.82 Å². The predicted molar refractivity (Wildman–Crippen MR) is 54.6 cm³/mol. The third-order valence-electron chi connectivity index (χ3n) is 2.68. The van der Waals surface area contributed by atoms with Gasteiger partial charge in [-0.15, -0.1) is 0 Å². The molecule has 1 fully saturated rings. The number of aldehydes is 1. The van der Waals surface area contributed by atoms with Gasteiger partial charge in [-0.1, -0.05) is 0 Å². The van der Waals surface area contributed by atoms with E-state index >= 15 is 0 Å². The molecule has 1 aliphatic rings. The van der Waals surface area contributed by atoms with Gasteiger partial charge in [0.25, 0.3) is 0 Å². The molecule has 2 heterocycles. The van der Waals surface area contributed by atoms with Crippen LogP contribution in [0.15, 0.2) is 6.20 Å². The molecule has 1 aromatic heterocycles. The van der Waals surface area contributed by atoms with Crippen molar-refractivity contribution >= 4 is 16.1 Å². The zero-order valence-corrected chi connectivity index (χ0v) is 8.96. The minimum Gasteiger partial charge on any atom is -0.340 e. The molecule has 0 saturated carbocycles. The standard InChI is InChI=1S/C9H12N2O3S/c12-6-8-5-10-9(11-8)7-1-3-15(13,14)4-2-7/h5-7H,1-4H2,(H,10,11). The van der Waals surface area contributed by atoms with Gasteiger partial charge in [0.1, 0.15) is 15.7 Å². The maximum absolute atomic E-state index is 11.2. The van der Waals surface area contributed by atoms with E-state index in [4.69, 9.17) is 0 Å². The highest BCUT2D eigenvalue weighted by molar-refractivity contribution is 7.91. The zero-order valence-electron chi connectivity index (χ0n) is 8.14. The highest BCUT2D eigenvalue weighted by atomic mass is 32.2. The van der Waals surface area contributed by atoms with Gasteiger partial charge in [0.15, 0.2) is 6.29 Å². The number of hydrogen-bond donors (Lipinski definition) is 1. The molecule has 1 N–H and O–H groups in total. The molecular formula is C9H12N2O3S. The summed E-state index contributed by atoms with van der Waals surface area (Å²) in [5, 5.41) is 0. The topological polar surface area (TPSA) is 79.9 Å². The van der Waals surface area contributed by atoms with Gasteiger partial charge in [0, 0.05) is 5.92 Å². The molecule has 1 aromatic rings. The third kappa shape index (κ3) is 2.26. The van der Waals surface area contributed by atoms with Gasteiger partial charge >= 0.3 is 0 Å². The maximum atomic E-state index is 11.2. The molecule has 0 unspecified atom stereocenters. The van der Waals surface area contributed by atoms with Gasteiger partial charge in [-0.2, -0.15) is 0 Å². The highest BCUT2D eigenvalue weighted by Gasteiger charge is 2.26. The summed E-state index contributed by atoms with van der Waals surface area (Å²) in [5.41, 5.74) is 0.443. The second-order valence-electron chi connectivity index (χ2n) is 3.77. The van der Waals surface area contributed by atoms with Gasteiger partial charge in [-0.3, -0.25) is 4.79 Å². The summed E-state index contributed by atoms with van der Waals surface area (Å²) in [6, 6.07) is 0. The van der Waals surface area contributed by atoms with Crippen molar-refractivity contribution in [3.8, 4) is 0 Å². The van der Waals surface area contributed by atoms with Crippen LogP contribution in [-0.2, 0) is 9.84 Å². The molecule has 0 atom stereocenters. The fraction of sp³-hybridized carbons (Fsp3) is 0.556. The van der Waals surface area contributed by atoms with Crippen molar-refractivity contribution in [3.05, 3.63) is 17.7 Å². The number of nitrogens with zero attached hydrogens (tertiary/aromatic N) is 1. The van der Waals surface area contributed by atoms with Crippen LogP contribution in [0, 0.1) is 0 Å². The highest BCUT2D eigenvalue weighted by Crippen LogP contribution is 2.26. The van der Waals surface area contributed by atoms with E-state index in [-0.39, 0.29) is 17.4 Å². The Labute approximate surface area is 87.8 Å². The molecule has 0 aliphatic carbocycles. The van der Waals surface area contributed by atoms with Crippen LogP contribution in [0.25, 0.3) is 0 Å². The molecule has 0 bridgehead atoms. The number of H-pyrrole nitrogens is 1. The fourth-order valence-electron chi connectivity index (χ4n) is 1.78. The number of aromatic nitrogens is 2. The van der Waals surface area contributed by atoms with E-state index in [1.165, 1.54) is 6.20 Å². The largest absolute Gasteiger partial charge is 0.340 e. The van der Waals surface area contributed by atoms with Gasteiger partial charge in [-0.25, -0.2) is 13.4 Å². The number of sulfone groups is 1. The SMILES string of the molecule is O=Cc1cnc(C2CCS(=O)(=O)CC2)[nH]1. The fourth-order valence-corrected chi connectivity index (χ4v) is 3.27. The second kappa shape index (κ2) is 3.77. The van der Waals surface area contributed by atoms with Crippen LogP contribution in [0.2, 0.25) is 0 Å². The average Bonchev–Trinajstić information content (AvgIpc) is 2.66. The summed E-state index contributed by atoms with van der Waals surface area (Å²) in [7, 11) is -2.83. The number of imidazole rings is 1. The van der Waals surface area contributed by atoms with E-state index < -0.39 is 9.84 Å². The molecule has 82 valence electrons. The molecule has 6 heteroatoms. The molecule has 5 nitrogen and oxygen atoms in total. The number of aromatic amines is 1. The molecular weight excluding hydrogens is 216 g/mol. The van der Waals surface area contributed by atoms with E-state index in [2.05, 4.69) is 9.97 Å². The quantitative estimate of drug-likeness (QED) is 0.748. The number of hydrogen-bond acceptors (Lipinski definition) is 4. The van der Waals surface area contributed by atoms with Crippen LogP contribution < -0.4 is 0 Å². The van der Waals surface area contributed by atoms with Crippen molar-refractivity contribution in [3.63, 3.8) is 0 Å². The molecule has 1 aliphatic heterocycles. The van der Waals surface area contributed by atoms with E-state index in [9.17, 15) is 13.2 Å².